The van der Waals surface area contributed by atoms with Gasteiger partial charge in [0.1, 0.15) is 0 Å². The number of carbonyl (C=O) groups excluding carboxylic acids is 1. The maximum atomic E-state index is 12.3. The number of rotatable bonds is 0. The summed E-state index contributed by atoms with van der Waals surface area (Å²) < 4.78 is 67.6. The Hall–Kier alpha value is -1.08. The molecule has 13 heavy (non-hydrogen) atoms. The number of carbonyl (C=O) groups is 1. The van der Waals surface area contributed by atoms with Crippen LogP contribution in [0.1, 0.15) is 6.42 Å². The number of cyclic esters (lactones) is 2. The van der Waals surface area contributed by atoms with E-state index in [0.717, 1.165) is 0 Å². The van der Waals surface area contributed by atoms with Crippen molar-refractivity contribution in [3.05, 3.63) is 0 Å². The number of ether oxygens (including phenoxy) is 2. The van der Waals surface area contributed by atoms with E-state index < -0.39 is 31.0 Å². The van der Waals surface area contributed by atoms with Crippen molar-refractivity contribution in [3.63, 3.8) is 0 Å². The van der Waals surface area contributed by atoms with Crippen molar-refractivity contribution in [1.82, 2.24) is 0 Å². The van der Waals surface area contributed by atoms with Crippen molar-refractivity contribution in [3.8, 4) is 0 Å². The Morgan fingerprint density at radius 1 is 1.31 bits per heavy atom. The van der Waals surface area contributed by atoms with E-state index in [1.165, 1.54) is 0 Å². The first-order chi connectivity index (χ1) is 5.74. The second-order valence-electron chi connectivity index (χ2n) is 2.31. The SMILES string of the molecule is O=C1OC(F)CC(F)(F)C(F)(F)O1. The Morgan fingerprint density at radius 2 is 1.85 bits per heavy atom. The molecule has 1 fully saturated rings. The van der Waals surface area contributed by atoms with E-state index in [1.54, 1.807) is 0 Å². The van der Waals surface area contributed by atoms with Crippen LogP contribution in [-0.4, -0.2) is 24.5 Å². The van der Waals surface area contributed by atoms with Gasteiger partial charge in [-0.05, 0) is 0 Å². The van der Waals surface area contributed by atoms with Crippen LogP contribution < -0.4 is 0 Å². The van der Waals surface area contributed by atoms with Crippen LogP contribution in [0.2, 0.25) is 0 Å². The number of halogens is 5. The lowest BCUT2D eigenvalue weighted by Crippen LogP contribution is -2.42. The molecule has 3 nitrogen and oxygen atoms in total. The molecular weight excluding hydrogens is 203 g/mol. The van der Waals surface area contributed by atoms with Gasteiger partial charge in [0.25, 0.3) is 6.36 Å². The normalized spacial score (nSPS) is 31.5. The quantitative estimate of drug-likeness (QED) is 0.449. The first-order valence-corrected chi connectivity index (χ1v) is 3.04. The van der Waals surface area contributed by atoms with Gasteiger partial charge in [-0.2, -0.15) is 17.6 Å². The van der Waals surface area contributed by atoms with Gasteiger partial charge in [-0.1, -0.05) is 0 Å². The van der Waals surface area contributed by atoms with E-state index in [-0.39, 0.29) is 0 Å². The molecule has 1 aliphatic rings. The second kappa shape index (κ2) is 2.71. The number of hydrogen-bond donors (Lipinski definition) is 0. The lowest BCUT2D eigenvalue weighted by molar-refractivity contribution is -0.320. The van der Waals surface area contributed by atoms with E-state index in [1.807, 2.05) is 0 Å². The fourth-order valence-electron chi connectivity index (χ4n) is 0.670. The van der Waals surface area contributed by atoms with Crippen LogP contribution in [0.3, 0.4) is 0 Å². The molecule has 0 aromatic rings. The van der Waals surface area contributed by atoms with Crippen LogP contribution in [0.15, 0.2) is 0 Å². The smallest absolute Gasteiger partial charge is 0.399 e. The third kappa shape index (κ3) is 1.81. The van der Waals surface area contributed by atoms with Crippen molar-refractivity contribution in [1.29, 1.82) is 0 Å². The Bertz CT molecular complexity index is 228. The van der Waals surface area contributed by atoms with Crippen molar-refractivity contribution in [2.24, 2.45) is 0 Å². The molecule has 0 saturated carbocycles. The monoisotopic (exact) mass is 206 g/mol. The fourth-order valence-corrected chi connectivity index (χ4v) is 0.670. The molecule has 8 heteroatoms. The highest BCUT2D eigenvalue weighted by Crippen LogP contribution is 2.41. The molecule has 0 aromatic heterocycles. The molecule has 0 radical (unpaired) electrons. The van der Waals surface area contributed by atoms with E-state index in [9.17, 15) is 26.7 Å². The van der Waals surface area contributed by atoms with Crippen LogP contribution in [-0.2, 0) is 9.47 Å². The summed E-state index contributed by atoms with van der Waals surface area (Å²) in [7, 11) is 0. The summed E-state index contributed by atoms with van der Waals surface area (Å²) in [6, 6.07) is 0. The zero-order valence-electron chi connectivity index (χ0n) is 5.90. The molecule has 76 valence electrons. The van der Waals surface area contributed by atoms with Crippen LogP contribution in [0, 0.1) is 0 Å². The minimum absolute atomic E-state index is 1.92. The summed E-state index contributed by atoms with van der Waals surface area (Å²) in [5.41, 5.74) is 0. The van der Waals surface area contributed by atoms with Crippen molar-refractivity contribution in [2.75, 3.05) is 0 Å². The summed E-state index contributed by atoms with van der Waals surface area (Å²) in [5, 5.41) is 0. The molecule has 1 saturated heterocycles. The Labute approximate surface area is 68.4 Å². The van der Waals surface area contributed by atoms with Gasteiger partial charge in [-0.3, -0.25) is 0 Å². The highest BCUT2D eigenvalue weighted by molar-refractivity contribution is 5.60. The first kappa shape index (κ1) is 10.0. The van der Waals surface area contributed by atoms with E-state index in [4.69, 9.17) is 0 Å². The van der Waals surface area contributed by atoms with Crippen LogP contribution in [0.4, 0.5) is 26.7 Å². The lowest BCUT2D eigenvalue weighted by atomic mass is 10.2. The topological polar surface area (TPSA) is 35.5 Å². The first-order valence-electron chi connectivity index (χ1n) is 3.04. The zero-order valence-corrected chi connectivity index (χ0v) is 5.90. The molecule has 0 aliphatic carbocycles. The Balaban J connectivity index is 2.92. The largest absolute Gasteiger partial charge is 0.515 e. The van der Waals surface area contributed by atoms with Crippen LogP contribution in [0.5, 0.6) is 0 Å². The highest BCUT2D eigenvalue weighted by atomic mass is 19.3. The highest BCUT2D eigenvalue weighted by Gasteiger charge is 2.63. The van der Waals surface area contributed by atoms with Gasteiger partial charge in [0.15, 0.2) is 0 Å². The average Bonchev–Trinajstić information content (AvgIpc) is 1.85. The molecule has 1 aliphatic heterocycles. The fraction of sp³-hybridized carbons (Fsp3) is 0.800. The van der Waals surface area contributed by atoms with E-state index >= 15 is 0 Å². The molecule has 1 unspecified atom stereocenters. The predicted molar refractivity (Wildman–Crippen MR) is 27.0 cm³/mol. The summed E-state index contributed by atoms with van der Waals surface area (Å²) in [4.78, 5) is 10.1. The van der Waals surface area contributed by atoms with E-state index in [2.05, 4.69) is 9.47 Å². The summed E-state index contributed by atoms with van der Waals surface area (Å²) in [6.45, 7) is 0. The maximum Gasteiger partial charge on any atom is 0.515 e. The number of hydrogen-bond acceptors (Lipinski definition) is 3. The van der Waals surface area contributed by atoms with Crippen LogP contribution >= 0.6 is 0 Å². The molecule has 0 bridgehead atoms. The summed E-state index contributed by atoms with van der Waals surface area (Å²) in [5.74, 6) is -4.77. The van der Waals surface area contributed by atoms with Gasteiger partial charge in [0.2, 0.25) is 0 Å². The van der Waals surface area contributed by atoms with Gasteiger partial charge in [-0.15, -0.1) is 0 Å². The predicted octanol–water partition coefficient (Wildman–Crippen LogP) is 2.07. The van der Waals surface area contributed by atoms with Gasteiger partial charge < -0.3 is 9.47 Å². The Kier molecular flexibility index (Phi) is 2.08. The molecule has 1 atom stereocenters. The van der Waals surface area contributed by atoms with Gasteiger partial charge in [0, 0.05) is 0 Å². The zero-order chi connectivity index (χ0) is 10.3. The minimum Gasteiger partial charge on any atom is -0.399 e. The minimum atomic E-state index is -5.04. The molecule has 0 aromatic carbocycles. The van der Waals surface area contributed by atoms with Crippen molar-refractivity contribution in [2.45, 2.75) is 24.8 Å². The summed E-state index contributed by atoms with van der Waals surface area (Å²) in [6.07, 6.45) is -11.9. The Morgan fingerprint density at radius 3 is 2.38 bits per heavy atom. The molecule has 0 N–H and O–H groups in total. The van der Waals surface area contributed by atoms with Gasteiger partial charge >= 0.3 is 18.2 Å². The maximum absolute atomic E-state index is 12.3. The summed E-state index contributed by atoms with van der Waals surface area (Å²) >= 11 is 0. The molecule has 1 heterocycles. The van der Waals surface area contributed by atoms with E-state index in [0.29, 0.717) is 0 Å². The molecular formula is C5H3F5O3. The van der Waals surface area contributed by atoms with Crippen molar-refractivity contribution < 1.29 is 36.2 Å². The average molecular weight is 206 g/mol. The third-order valence-corrected chi connectivity index (χ3v) is 1.28. The molecule has 0 amide bonds. The molecule has 1 rings (SSSR count). The second-order valence-corrected chi connectivity index (χ2v) is 2.31. The number of alkyl halides is 5. The van der Waals surface area contributed by atoms with Gasteiger partial charge in [-0.25, -0.2) is 9.18 Å². The standard InChI is InChI=1S/C5H3F5O3/c6-2-1-4(7,8)5(9,10)13-3(11)12-2/h2H,1H2. The van der Waals surface area contributed by atoms with Crippen LogP contribution in [0.25, 0.3) is 0 Å². The lowest BCUT2D eigenvalue weighted by Gasteiger charge is -2.20. The molecule has 0 spiro atoms. The van der Waals surface area contributed by atoms with Crippen molar-refractivity contribution >= 4 is 6.16 Å². The van der Waals surface area contributed by atoms with Gasteiger partial charge in [0.05, 0.1) is 6.42 Å². The third-order valence-electron chi connectivity index (χ3n) is 1.28.